The minimum Gasteiger partial charge on any atom is -0.457 e. The maximum Gasteiger partial charge on any atom is 0.294 e. The molecular formula is C46H57N2O10S3+. The van der Waals surface area contributed by atoms with Gasteiger partial charge in [-0.3, -0.25) is 13.7 Å². The van der Waals surface area contributed by atoms with Crippen molar-refractivity contribution in [3.05, 3.63) is 125 Å². The van der Waals surface area contributed by atoms with Crippen molar-refractivity contribution in [3.63, 3.8) is 0 Å². The van der Waals surface area contributed by atoms with Crippen molar-refractivity contribution < 1.29 is 48.2 Å². The summed E-state index contributed by atoms with van der Waals surface area (Å²) in [6, 6.07) is 18.6. The second-order valence-corrected chi connectivity index (χ2v) is 21.4. The first-order valence-electron chi connectivity index (χ1n) is 20.8. The molecule has 3 aromatic carbocycles. The molecule has 1 aliphatic carbocycles. The zero-order chi connectivity index (χ0) is 44.4. The molecule has 3 N–H and O–H groups in total. The van der Waals surface area contributed by atoms with Gasteiger partial charge in [-0.05, 0) is 124 Å². The van der Waals surface area contributed by atoms with Gasteiger partial charge in [0.05, 0.1) is 21.0 Å². The van der Waals surface area contributed by atoms with E-state index in [-0.39, 0.29) is 21.6 Å². The normalized spacial score (nSPS) is 19.0. The highest BCUT2D eigenvalue weighted by Crippen LogP contribution is 2.49. The summed E-state index contributed by atoms with van der Waals surface area (Å²) in [6.45, 7) is 11.8. The number of fused-ring (bicyclic) bond motifs is 2. The fraction of sp³-hybridized carbons (Fsp3) is 0.413. The Morgan fingerprint density at radius 3 is 2.10 bits per heavy atom. The van der Waals surface area contributed by atoms with Gasteiger partial charge in [0.25, 0.3) is 30.4 Å². The van der Waals surface area contributed by atoms with E-state index in [0.717, 1.165) is 49.1 Å². The Labute approximate surface area is 361 Å². The lowest BCUT2D eigenvalue weighted by atomic mass is 9.81. The Hall–Kier alpha value is -4.38. The maximum absolute atomic E-state index is 12.2. The summed E-state index contributed by atoms with van der Waals surface area (Å²) < 4.78 is 109. The Balaban J connectivity index is 1.46. The first kappa shape index (κ1) is 46.1. The predicted molar refractivity (Wildman–Crippen MR) is 239 cm³/mol. The summed E-state index contributed by atoms with van der Waals surface area (Å²) in [7, 11) is -13.1. The molecule has 328 valence electrons. The highest BCUT2D eigenvalue weighted by Gasteiger charge is 2.44. The molecule has 0 unspecified atom stereocenters. The molecular weight excluding hydrogens is 837 g/mol. The zero-order valence-corrected chi connectivity index (χ0v) is 37.9. The van der Waals surface area contributed by atoms with E-state index in [1.54, 1.807) is 6.07 Å². The van der Waals surface area contributed by atoms with Crippen LogP contribution < -0.4 is 9.64 Å². The monoisotopic (exact) mass is 893 g/mol. The third kappa shape index (κ3) is 10.5. The van der Waals surface area contributed by atoms with Gasteiger partial charge >= 0.3 is 0 Å². The average Bonchev–Trinajstić information content (AvgIpc) is 3.53. The summed E-state index contributed by atoms with van der Waals surface area (Å²) in [6.07, 6.45) is 15.5. The van der Waals surface area contributed by atoms with Crippen LogP contribution in [0.2, 0.25) is 0 Å². The SMILES string of the molecule is CCCCCC[N+]1=C(/C=C/C2=C(Oc3ccc(S(=O)(=O)O)cc3)C(=C/C=C3/N(CCCCS(=O)(=O)O)c4ccc(S(=O)(=O)O)cc4C3(C)C)/CCC2)C(C)(C)c2ccccc21. The first-order chi connectivity index (χ1) is 28.6. The molecule has 0 aromatic heterocycles. The number of allylic oxidation sites excluding steroid dienone is 7. The first-order valence-corrected chi connectivity index (χ1v) is 25.3. The number of ether oxygens (including phenoxy) is 1. The van der Waals surface area contributed by atoms with E-state index < -0.39 is 41.5 Å². The van der Waals surface area contributed by atoms with E-state index in [1.165, 1.54) is 59.8 Å². The standard InChI is InChI=1S/C46H56N2O10S3/c1-6-7-8-11-29-47-40-18-10-9-17-38(40)45(2,3)42(47)27-19-33-15-14-16-34(44(33)58-35-21-23-36(24-22-35)60(52,53)54)20-28-43-46(4,5)39-32-37(61(55,56)57)25-26-41(39)48(43)30-12-13-31-59(49,50)51/h9-10,17-28,32H,6-8,11-16,29-31H2,1-5H3,(H2-,49,50,51,52,53,54,55,56,57)/p+1. The molecule has 0 amide bonds. The van der Waals surface area contributed by atoms with Crippen LogP contribution in [0.5, 0.6) is 5.75 Å². The van der Waals surface area contributed by atoms with E-state index in [4.69, 9.17) is 4.74 Å². The lowest BCUT2D eigenvalue weighted by Crippen LogP contribution is -2.28. The van der Waals surface area contributed by atoms with Crippen molar-refractivity contribution >= 4 is 47.4 Å². The van der Waals surface area contributed by atoms with Crippen LogP contribution in [0.4, 0.5) is 11.4 Å². The maximum atomic E-state index is 12.2. The molecule has 3 aliphatic rings. The van der Waals surface area contributed by atoms with E-state index in [0.29, 0.717) is 48.6 Å². The molecule has 6 rings (SSSR count). The molecule has 0 fully saturated rings. The van der Waals surface area contributed by atoms with Gasteiger partial charge in [-0.15, -0.1) is 0 Å². The Kier molecular flexibility index (Phi) is 13.7. The smallest absolute Gasteiger partial charge is 0.294 e. The quantitative estimate of drug-likeness (QED) is 0.0668. The second-order valence-electron chi connectivity index (χ2n) is 17.0. The minimum atomic E-state index is -4.50. The van der Waals surface area contributed by atoms with Crippen molar-refractivity contribution in [3.8, 4) is 5.75 Å². The van der Waals surface area contributed by atoms with Gasteiger partial charge in [-0.25, -0.2) is 0 Å². The third-order valence-corrected chi connectivity index (χ3v) is 14.5. The molecule has 2 heterocycles. The molecule has 0 atom stereocenters. The molecule has 2 aliphatic heterocycles. The third-order valence-electron chi connectivity index (χ3n) is 11.9. The number of para-hydroxylation sites is 1. The summed E-state index contributed by atoms with van der Waals surface area (Å²) >= 11 is 0. The summed E-state index contributed by atoms with van der Waals surface area (Å²) in [4.78, 5) is 1.52. The molecule has 12 nitrogen and oxygen atoms in total. The molecule has 0 saturated heterocycles. The number of unbranched alkanes of at least 4 members (excludes halogenated alkanes) is 4. The lowest BCUT2D eigenvalue weighted by Gasteiger charge is -2.27. The molecule has 61 heavy (non-hydrogen) atoms. The fourth-order valence-corrected chi connectivity index (χ4v) is 10.3. The summed E-state index contributed by atoms with van der Waals surface area (Å²) in [5.41, 5.74) is 6.59. The van der Waals surface area contributed by atoms with Crippen molar-refractivity contribution in [2.75, 3.05) is 23.7 Å². The Morgan fingerprint density at radius 2 is 1.43 bits per heavy atom. The number of anilines is 1. The molecule has 15 heteroatoms. The van der Waals surface area contributed by atoms with Crippen LogP contribution in [-0.2, 0) is 41.2 Å². The zero-order valence-electron chi connectivity index (χ0n) is 35.5. The topological polar surface area (TPSA) is 179 Å². The van der Waals surface area contributed by atoms with Gasteiger partial charge in [0.2, 0.25) is 5.69 Å². The predicted octanol–water partition coefficient (Wildman–Crippen LogP) is 9.49. The molecule has 3 aromatic rings. The Bertz CT molecular complexity index is 2660. The second kappa shape index (κ2) is 18.1. The average molecular weight is 894 g/mol. The van der Waals surface area contributed by atoms with Crippen molar-refractivity contribution in [1.29, 1.82) is 0 Å². The number of benzene rings is 3. The van der Waals surface area contributed by atoms with Crippen LogP contribution in [0.25, 0.3) is 0 Å². The van der Waals surface area contributed by atoms with Gasteiger partial charge < -0.3 is 9.64 Å². The molecule has 0 saturated carbocycles. The van der Waals surface area contributed by atoms with Crippen LogP contribution in [0.1, 0.15) is 104 Å². The van der Waals surface area contributed by atoms with Crippen LogP contribution in [0, 0.1) is 0 Å². The van der Waals surface area contributed by atoms with Crippen molar-refractivity contribution in [1.82, 2.24) is 0 Å². The van der Waals surface area contributed by atoms with Crippen molar-refractivity contribution in [2.24, 2.45) is 0 Å². The van der Waals surface area contributed by atoms with Gasteiger partial charge in [0.15, 0.2) is 5.71 Å². The Morgan fingerprint density at radius 1 is 0.738 bits per heavy atom. The van der Waals surface area contributed by atoms with E-state index >= 15 is 0 Å². The number of rotatable bonds is 17. The fourth-order valence-electron chi connectivity index (χ4n) is 8.70. The number of hydrogen-bond acceptors (Lipinski definition) is 8. The van der Waals surface area contributed by atoms with E-state index in [1.807, 2.05) is 30.9 Å². The van der Waals surface area contributed by atoms with E-state index in [2.05, 4.69) is 61.8 Å². The van der Waals surface area contributed by atoms with Crippen LogP contribution in [0.3, 0.4) is 0 Å². The van der Waals surface area contributed by atoms with Crippen LogP contribution >= 0.6 is 0 Å². The molecule has 0 spiro atoms. The lowest BCUT2D eigenvalue weighted by molar-refractivity contribution is -0.438. The molecule has 0 radical (unpaired) electrons. The van der Waals surface area contributed by atoms with Crippen LogP contribution in [-0.4, -0.2) is 68.0 Å². The van der Waals surface area contributed by atoms with Crippen LogP contribution in [0.15, 0.2) is 123 Å². The van der Waals surface area contributed by atoms with E-state index in [9.17, 15) is 38.9 Å². The summed E-state index contributed by atoms with van der Waals surface area (Å²) in [5.74, 6) is 0.580. The van der Waals surface area contributed by atoms with Gasteiger partial charge in [0.1, 0.15) is 18.1 Å². The highest BCUT2D eigenvalue weighted by molar-refractivity contribution is 7.86. The number of hydrogen-bond donors (Lipinski definition) is 3. The highest BCUT2D eigenvalue weighted by atomic mass is 32.2. The molecule has 0 bridgehead atoms. The van der Waals surface area contributed by atoms with Crippen molar-refractivity contribution in [2.45, 2.75) is 113 Å². The van der Waals surface area contributed by atoms with Gasteiger partial charge in [0, 0.05) is 47.5 Å². The number of nitrogens with zero attached hydrogens (tertiary/aromatic N) is 2. The minimum absolute atomic E-state index is 0.201. The largest absolute Gasteiger partial charge is 0.457 e. The van der Waals surface area contributed by atoms with Gasteiger partial charge in [-0.1, -0.05) is 57.9 Å². The summed E-state index contributed by atoms with van der Waals surface area (Å²) in [5, 5.41) is 0. The van der Waals surface area contributed by atoms with Gasteiger partial charge in [-0.2, -0.15) is 29.8 Å².